The highest BCUT2D eigenvalue weighted by atomic mass is 16.7. The van der Waals surface area contributed by atoms with E-state index < -0.39 is 49.5 Å². The molecule has 0 radical (unpaired) electrons. The zero-order valence-corrected chi connectivity index (χ0v) is 53.7. The zero-order chi connectivity index (χ0) is 60.0. The number of rotatable bonds is 60. The second-order valence-electron chi connectivity index (χ2n) is 23.9. The Morgan fingerprint density at radius 2 is 0.747 bits per heavy atom. The van der Waals surface area contributed by atoms with Gasteiger partial charge in [0.15, 0.2) is 6.29 Å². The molecule has 9 heteroatoms. The summed E-state index contributed by atoms with van der Waals surface area (Å²) in [7, 11) is 0. The predicted molar refractivity (Wildman–Crippen MR) is 355 cm³/mol. The quantitative estimate of drug-likeness (QED) is 0.0261. The molecule has 0 aromatic carbocycles. The summed E-state index contributed by atoms with van der Waals surface area (Å²) in [6, 6.07) is -0.732. The molecule has 1 heterocycles. The summed E-state index contributed by atoms with van der Waals surface area (Å²) in [4.78, 5) is 13.2. The maximum atomic E-state index is 13.2. The minimum absolute atomic E-state index is 0.145. The van der Waals surface area contributed by atoms with Crippen LogP contribution >= 0.6 is 0 Å². The lowest BCUT2D eigenvalue weighted by molar-refractivity contribution is -0.302. The molecule has 1 amide bonds. The summed E-state index contributed by atoms with van der Waals surface area (Å²) in [6.45, 7) is 3.75. The first-order valence-corrected chi connectivity index (χ1v) is 34.9. The van der Waals surface area contributed by atoms with Crippen molar-refractivity contribution in [3.8, 4) is 0 Å². The lowest BCUT2D eigenvalue weighted by Crippen LogP contribution is -2.60. The molecular formula is C74H131NO8. The summed E-state index contributed by atoms with van der Waals surface area (Å²) in [5, 5.41) is 54.9. The van der Waals surface area contributed by atoms with Crippen LogP contribution in [0.5, 0.6) is 0 Å². The molecule has 83 heavy (non-hydrogen) atoms. The van der Waals surface area contributed by atoms with E-state index in [1.165, 1.54) is 180 Å². The Hall–Kier alpha value is -2.89. The molecule has 0 saturated carbocycles. The van der Waals surface area contributed by atoms with Crippen LogP contribution in [0.2, 0.25) is 0 Å². The maximum absolute atomic E-state index is 13.2. The van der Waals surface area contributed by atoms with E-state index >= 15 is 0 Å². The van der Waals surface area contributed by atoms with E-state index in [1.54, 1.807) is 0 Å². The lowest BCUT2D eigenvalue weighted by Gasteiger charge is -2.40. The number of hydrogen-bond acceptors (Lipinski definition) is 8. The predicted octanol–water partition coefficient (Wildman–Crippen LogP) is 19.1. The highest BCUT2D eigenvalue weighted by molar-refractivity contribution is 5.76. The van der Waals surface area contributed by atoms with Crippen molar-refractivity contribution in [1.29, 1.82) is 0 Å². The largest absolute Gasteiger partial charge is 0.394 e. The summed E-state index contributed by atoms with van der Waals surface area (Å²) < 4.78 is 11.4. The van der Waals surface area contributed by atoms with Gasteiger partial charge < -0.3 is 40.3 Å². The van der Waals surface area contributed by atoms with E-state index in [4.69, 9.17) is 9.47 Å². The number of hydrogen-bond donors (Lipinski definition) is 6. The van der Waals surface area contributed by atoms with Crippen molar-refractivity contribution in [3.63, 3.8) is 0 Å². The van der Waals surface area contributed by atoms with E-state index in [2.05, 4.69) is 116 Å². The number of carbonyl (C=O) groups excluding carboxylic acids is 1. The van der Waals surface area contributed by atoms with Crippen molar-refractivity contribution in [3.05, 3.63) is 97.2 Å². The fourth-order valence-corrected chi connectivity index (χ4v) is 10.8. The molecular weight excluding hydrogens is 1030 g/mol. The van der Waals surface area contributed by atoms with Crippen molar-refractivity contribution in [2.75, 3.05) is 13.2 Å². The first-order chi connectivity index (χ1) is 40.8. The van der Waals surface area contributed by atoms with Crippen LogP contribution in [0.25, 0.3) is 0 Å². The number of ether oxygens (including phenoxy) is 2. The van der Waals surface area contributed by atoms with Gasteiger partial charge in [-0.15, -0.1) is 0 Å². The Morgan fingerprint density at radius 1 is 0.422 bits per heavy atom. The van der Waals surface area contributed by atoms with Gasteiger partial charge in [-0.25, -0.2) is 0 Å². The number of allylic oxidation sites excluding steroid dienone is 16. The molecule has 0 aliphatic carbocycles. The molecule has 1 rings (SSSR count). The first-order valence-electron chi connectivity index (χ1n) is 34.9. The molecule has 1 fully saturated rings. The highest BCUT2D eigenvalue weighted by Crippen LogP contribution is 2.23. The minimum atomic E-state index is -1.56. The van der Waals surface area contributed by atoms with Crippen LogP contribution in [0.1, 0.15) is 309 Å². The number of amides is 1. The van der Waals surface area contributed by atoms with Crippen LogP contribution in [0.15, 0.2) is 97.2 Å². The second-order valence-corrected chi connectivity index (χ2v) is 23.9. The van der Waals surface area contributed by atoms with Gasteiger partial charge in [-0.3, -0.25) is 4.79 Å². The Kier molecular flexibility index (Phi) is 58.5. The Balaban J connectivity index is 2.15. The van der Waals surface area contributed by atoms with E-state index in [1.807, 2.05) is 0 Å². The number of carbonyl (C=O) groups is 1. The molecule has 0 bridgehead atoms. The van der Waals surface area contributed by atoms with E-state index in [0.717, 1.165) is 103 Å². The molecule has 9 nitrogen and oxygen atoms in total. The summed E-state index contributed by atoms with van der Waals surface area (Å²) in [5.74, 6) is -0.153. The molecule has 6 N–H and O–H groups in total. The van der Waals surface area contributed by atoms with Crippen molar-refractivity contribution in [2.45, 2.75) is 352 Å². The van der Waals surface area contributed by atoms with E-state index in [-0.39, 0.29) is 12.5 Å². The minimum Gasteiger partial charge on any atom is -0.394 e. The van der Waals surface area contributed by atoms with Crippen LogP contribution in [0.3, 0.4) is 0 Å². The summed E-state index contributed by atoms with van der Waals surface area (Å²) in [6.07, 6.45) is 83.2. The molecule has 0 aromatic heterocycles. The second kappa shape index (κ2) is 62.2. The van der Waals surface area contributed by atoms with Gasteiger partial charge in [-0.1, -0.05) is 323 Å². The lowest BCUT2D eigenvalue weighted by atomic mass is 9.99. The van der Waals surface area contributed by atoms with E-state index in [0.29, 0.717) is 12.8 Å². The number of aliphatic hydroxyl groups excluding tert-OH is 5. The van der Waals surface area contributed by atoms with Crippen LogP contribution < -0.4 is 5.32 Å². The van der Waals surface area contributed by atoms with Gasteiger partial charge in [0.1, 0.15) is 24.4 Å². The van der Waals surface area contributed by atoms with Gasteiger partial charge in [-0.2, -0.15) is 0 Å². The van der Waals surface area contributed by atoms with Gasteiger partial charge in [0.05, 0.1) is 25.4 Å². The summed E-state index contributed by atoms with van der Waals surface area (Å²) >= 11 is 0. The topological polar surface area (TPSA) is 149 Å². The molecule has 0 aromatic rings. The van der Waals surface area contributed by atoms with Crippen molar-refractivity contribution >= 4 is 5.91 Å². The molecule has 1 aliphatic heterocycles. The Bertz CT molecular complexity index is 1630. The van der Waals surface area contributed by atoms with Crippen LogP contribution in [-0.2, 0) is 14.3 Å². The van der Waals surface area contributed by atoms with Gasteiger partial charge in [0, 0.05) is 6.42 Å². The smallest absolute Gasteiger partial charge is 0.220 e. The molecule has 0 spiro atoms. The zero-order valence-electron chi connectivity index (χ0n) is 53.7. The van der Waals surface area contributed by atoms with E-state index in [9.17, 15) is 30.3 Å². The van der Waals surface area contributed by atoms with Crippen LogP contribution in [0, 0.1) is 0 Å². The van der Waals surface area contributed by atoms with Crippen molar-refractivity contribution in [2.24, 2.45) is 0 Å². The third kappa shape index (κ3) is 50.9. The van der Waals surface area contributed by atoms with Crippen molar-refractivity contribution < 1.29 is 39.8 Å². The molecule has 1 saturated heterocycles. The highest BCUT2D eigenvalue weighted by Gasteiger charge is 2.44. The van der Waals surface area contributed by atoms with Crippen LogP contribution in [-0.4, -0.2) is 87.5 Å². The van der Waals surface area contributed by atoms with Crippen molar-refractivity contribution in [1.82, 2.24) is 5.32 Å². The standard InChI is InChI=1S/C74H131NO8/c1-3-5-7-9-11-13-15-17-19-21-23-25-27-29-31-32-33-34-35-36-38-40-42-44-46-48-50-52-54-56-58-60-62-64-70(78)75-67(66-82-74-73(81)72(80)71(79)69(65-76)83-74)68(77)63-61-59-57-55-53-51-49-47-45-43-41-39-37-30-28-26-24-22-20-18-16-14-12-10-8-6-4-2/h5,7,11,13,17,19,23,25,29,31,33-34,36,38,42,44,67-69,71-74,76-77,79-81H,3-4,6,8-10,12,14-16,18,20-22,24,26-28,30,32,35,37,39-41,43,45-66H2,1-2H3,(H,75,78)/b7-5-,13-11-,19-17-,25-23-,31-29-,34-33-,38-36-,44-42-. The van der Waals surface area contributed by atoms with Gasteiger partial charge in [0.2, 0.25) is 5.91 Å². The maximum Gasteiger partial charge on any atom is 0.220 e. The fourth-order valence-electron chi connectivity index (χ4n) is 10.8. The van der Waals surface area contributed by atoms with Crippen LogP contribution in [0.4, 0.5) is 0 Å². The van der Waals surface area contributed by atoms with Gasteiger partial charge in [0.25, 0.3) is 0 Å². The molecule has 480 valence electrons. The number of unbranched alkanes of at least 4 members (excludes halogenated alkanes) is 34. The summed E-state index contributed by atoms with van der Waals surface area (Å²) in [5.41, 5.74) is 0. The first kappa shape index (κ1) is 78.1. The SMILES string of the molecule is CC/C=C\C/C=C\C/C=C\C/C=C\C/C=C\C/C=C\C/C=C\C/C=C\CCCCCCCCCCC(=O)NC(COC1OC(CO)C(O)C(O)C1O)C(O)CCCCCCCCCCCCCCCCCCCCCCCCCCCCC. The Morgan fingerprint density at radius 3 is 1.11 bits per heavy atom. The normalized spacial score (nSPS) is 18.9. The third-order valence-electron chi connectivity index (χ3n) is 16.2. The number of nitrogens with one attached hydrogen (secondary N) is 1. The third-order valence-corrected chi connectivity index (χ3v) is 16.2. The fraction of sp³-hybridized carbons (Fsp3) is 0.770. The monoisotopic (exact) mass is 1160 g/mol. The molecule has 7 atom stereocenters. The Labute approximate surface area is 511 Å². The molecule has 7 unspecified atom stereocenters. The number of aliphatic hydroxyl groups is 5. The van der Waals surface area contributed by atoms with Gasteiger partial charge >= 0.3 is 0 Å². The molecule has 1 aliphatic rings. The van der Waals surface area contributed by atoms with Gasteiger partial charge in [-0.05, 0) is 77.0 Å². The average Bonchev–Trinajstić information content (AvgIpc) is 3.61. The average molecular weight is 1160 g/mol.